The number of nitrogens with one attached hydrogen (secondary N) is 1. The van der Waals surface area contributed by atoms with Crippen molar-refractivity contribution in [1.82, 2.24) is 5.32 Å². The highest BCUT2D eigenvalue weighted by atomic mass is 32.1. The van der Waals surface area contributed by atoms with E-state index in [9.17, 15) is 10.1 Å². The minimum Gasteiger partial charge on any atom is -0.472 e. The summed E-state index contributed by atoms with van der Waals surface area (Å²) in [5, 5.41) is 15.6. The first kappa shape index (κ1) is 10.8. The Balaban J connectivity index is 1.83. The Bertz CT molecular complexity index is 464. The fourth-order valence-corrected chi connectivity index (χ4v) is 2.02. The van der Waals surface area contributed by atoms with Crippen molar-refractivity contribution in [3.63, 3.8) is 0 Å². The van der Waals surface area contributed by atoms with Crippen LogP contribution in [0.15, 0.2) is 34.5 Å². The van der Waals surface area contributed by atoms with Gasteiger partial charge in [-0.1, -0.05) is 11.3 Å². The van der Waals surface area contributed by atoms with E-state index in [2.05, 4.69) is 5.32 Å². The van der Waals surface area contributed by atoms with Crippen molar-refractivity contribution in [1.29, 1.82) is 0 Å². The summed E-state index contributed by atoms with van der Waals surface area (Å²) in [5.74, 6) is 0. The molecular formula is C10H10N2O3S. The molecule has 0 fully saturated rings. The molecule has 2 heterocycles. The Kier molecular flexibility index (Phi) is 3.33. The van der Waals surface area contributed by atoms with Gasteiger partial charge in [0.1, 0.15) is 0 Å². The Morgan fingerprint density at radius 1 is 1.44 bits per heavy atom. The van der Waals surface area contributed by atoms with E-state index in [0.717, 1.165) is 22.5 Å². The van der Waals surface area contributed by atoms with E-state index in [-0.39, 0.29) is 9.92 Å². The maximum Gasteiger partial charge on any atom is 0.324 e. The molecule has 2 aromatic heterocycles. The molecule has 0 bridgehead atoms. The van der Waals surface area contributed by atoms with Gasteiger partial charge in [0.15, 0.2) is 0 Å². The molecule has 0 saturated heterocycles. The van der Waals surface area contributed by atoms with E-state index in [1.807, 2.05) is 6.07 Å². The van der Waals surface area contributed by atoms with Gasteiger partial charge in [-0.15, -0.1) is 0 Å². The summed E-state index contributed by atoms with van der Waals surface area (Å²) in [6.45, 7) is 1.32. The number of nitro groups is 1. The van der Waals surface area contributed by atoms with Gasteiger partial charge in [0.05, 0.1) is 17.4 Å². The van der Waals surface area contributed by atoms with Crippen molar-refractivity contribution in [3.05, 3.63) is 51.3 Å². The van der Waals surface area contributed by atoms with Crippen molar-refractivity contribution in [2.45, 2.75) is 13.1 Å². The molecule has 1 N–H and O–H groups in total. The van der Waals surface area contributed by atoms with Crippen LogP contribution >= 0.6 is 11.3 Å². The van der Waals surface area contributed by atoms with Gasteiger partial charge >= 0.3 is 5.00 Å². The van der Waals surface area contributed by atoms with Gasteiger partial charge < -0.3 is 9.73 Å². The zero-order chi connectivity index (χ0) is 11.4. The molecule has 0 unspecified atom stereocenters. The predicted molar refractivity (Wildman–Crippen MR) is 60.2 cm³/mol. The molecular weight excluding hydrogens is 228 g/mol. The summed E-state index contributed by atoms with van der Waals surface area (Å²) in [5.41, 5.74) is 1.99. The first-order valence-electron chi connectivity index (χ1n) is 4.69. The van der Waals surface area contributed by atoms with Gasteiger partial charge in [-0.2, -0.15) is 0 Å². The summed E-state index contributed by atoms with van der Waals surface area (Å²) >= 11 is 1.15. The van der Waals surface area contributed by atoms with Crippen LogP contribution in [-0.2, 0) is 13.1 Å². The van der Waals surface area contributed by atoms with Gasteiger partial charge in [-0.25, -0.2) is 0 Å². The van der Waals surface area contributed by atoms with E-state index in [1.165, 1.54) is 0 Å². The summed E-state index contributed by atoms with van der Waals surface area (Å²) in [4.78, 5) is 10.1. The molecule has 2 aromatic rings. The van der Waals surface area contributed by atoms with Gasteiger partial charge in [0.25, 0.3) is 0 Å². The Morgan fingerprint density at radius 3 is 2.88 bits per heavy atom. The number of hydrogen-bond acceptors (Lipinski definition) is 5. The normalized spacial score (nSPS) is 10.5. The highest BCUT2D eigenvalue weighted by Crippen LogP contribution is 2.22. The molecule has 0 aromatic carbocycles. The lowest BCUT2D eigenvalue weighted by molar-refractivity contribution is -0.380. The number of thiophene rings is 1. The lowest BCUT2D eigenvalue weighted by Gasteiger charge is -1.99. The molecule has 0 aliphatic rings. The van der Waals surface area contributed by atoms with E-state index >= 15 is 0 Å². The molecule has 0 saturated carbocycles. The summed E-state index contributed by atoms with van der Waals surface area (Å²) < 4.78 is 4.93. The van der Waals surface area contributed by atoms with E-state index < -0.39 is 0 Å². The average molecular weight is 238 g/mol. The zero-order valence-electron chi connectivity index (χ0n) is 8.38. The number of rotatable bonds is 5. The lowest BCUT2D eigenvalue weighted by atomic mass is 10.3. The topological polar surface area (TPSA) is 68.3 Å². The SMILES string of the molecule is O=[N+]([O-])c1cc(CNCc2ccoc2)cs1. The zero-order valence-corrected chi connectivity index (χ0v) is 9.20. The van der Waals surface area contributed by atoms with Crippen LogP contribution in [0.4, 0.5) is 5.00 Å². The summed E-state index contributed by atoms with van der Waals surface area (Å²) in [6.07, 6.45) is 3.29. The average Bonchev–Trinajstić information content (AvgIpc) is 2.87. The largest absolute Gasteiger partial charge is 0.472 e. The van der Waals surface area contributed by atoms with Gasteiger partial charge in [0.2, 0.25) is 0 Å². The number of hydrogen-bond donors (Lipinski definition) is 1. The molecule has 6 heteroatoms. The minimum absolute atomic E-state index is 0.181. The molecule has 0 amide bonds. The molecule has 0 radical (unpaired) electrons. The van der Waals surface area contributed by atoms with Crippen LogP contribution in [0.25, 0.3) is 0 Å². The first-order chi connectivity index (χ1) is 7.75. The van der Waals surface area contributed by atoms with Crippen molar-refractivity contribution in [2.24, 2.45) is 0 Å². The molecule has 0 aliphatic carbocycles. The third-order valence-corrected chi connectivity index (χ3v) is 2.99. The molecule has 84 valence electrons. The second-order valence-corrected chi connectivity index (χ2v) is 4.18. The van der Waals surface area contributed by atoms with E-state index in [0.29, 0.717) is 13.1 Å². The maximum atomic E-state index is 10.5. The first-order valence-corrected chi connectivity index (χ1v) is 5.57. The highest BCUT2D eigenvalue weighted by Gasteiger charge is 2.08. The maximum absolute atomic E-state index is 10.5. The van der Waals surface area contributed by atoms with Crippen molar-refractivity contribution in [3.8, 4) is 0 Å². The van der Waals surface area contributed by atoms with Crippen LogP contribution in [0.3, 0.4) is 0 Å². The predicted octanol–water partition coefficient (Wildman–Crippen LogP) is 2.54. The summed E-state index contributed by atoms with van der Waals surface area (Å²) in [6, 6.07) is 3.47. The van der Waals surface area contributed by atoms with Crippen molar-refractivity contribution >= 4 is 16.3 Å². The van der Waals surface area contributed by atoms with E-state index in [4.69, 9.17) is 4.42 Å². The molecule has 0 aliphatic heterocycles. The van der Waals surface area contributed by atoms with Crippen molar-refractivity contribution < 1.29 is 9.34 Å². The van der Waals surface area contributed by atoms with Crippen LogP contribution in [-0.4, -0.2) is 4.92 Å². The van der Waals surface area contributed by atoms with Gasteiger partial charge in [-0.3, -0.25) is 10.1 Å². The fraction of sp³-hybridized carbons (Fsp3) is 0.200. The fourth-order valence-electron chi connectivity index (χ4n) is 1.30. The molecule has 0 spiro atoms. The van der Waals surface area contributed by atoms with Crippen LogP contribution in [0.2, 0.25) is 0 Å². The monoisotopic (exact) mass is 238 g/mol. The van der Waals surface area contributed by atoms with Gasteiger partial charge in [-0.05, 0) is 11.6 Å². The summed E-state index contributed by atoms with van der Waals surface area (Å²) in [7, 11) is 0. The van der Waals surface area contributed by atoms with Crippen LogP contribution in [0.5, 0.6) is 0 Å². The highest BCUT2D eigenvalue weighted by molar-refractivity contribution is 7.13. The standard InChI is InChI=1S/C10H10N2O3S/c13-12(14)10-3-9(7-16-10)5-11-4-8-1-2-15-6-8/h1-3,6-7,11H,4-5H2. The van der Waals surface area contributed by atoms with Gasteiger partial charge in [0, 0.05) is 30.1 Å². The molecule has 0 atom stereocenters. The Labute approximate surface area is 95.9 Å². The molecule has 16 heavy (non-hydrogen) atoms. The number of nitrogens with zero attached hydrogens (tertiary/aromatic N) is 1. The second kappa shape index (κ2) is 4.91. The van der Waals surface area contributed by atoms with Crippen LogP contribution in [0, 0.1) is 10.1 Å². The Hall–Kier alpha value is -1.66. The minimum atomic E-state index is -0.371. The quantitative estimate of drug-likeness (QED) is 0.642. The third kappa shape index (κ3) is 2.68. The second-order valence-electron chi connectivity index (χ2n) is 3.29. The smallest absolute Gasteiger partial charge is 0.324 e. The third-order valence-electron chi connectivity index (χ3n) is 2.06. The van der Waals surface area contributed by atoms with Crippen molar-refractivity contribution in [2.75, 3.05) is 0 Å². The Morgan fingerprint density at radius 2 is 2.25 bits per heavy atom. The van der Waals surface area contributed by atoms with Crippen LogP contribution < -0.4 is 5.32 Å². The number of furan rings is 1. The molecule has 5 nitrogen and oxygen atoms in total. The molecule has 2 rings (SSSR count). The van der Waals surface area contributed by atoms with Crippen LogP contribution in [0.1, 0.15) is 11.1 Å². The lowest BCUT2D eigenvalue weighted by Crippen LogP contribution is -2.11. The van der Waals surface area contributed by atoms with E-state index in [1.54, 1.807) is 24.0 Å².